The van der Waals surface area contributed by atoms with Gasteiger partial charge in [-0.25, -0.2) is 9.78 Å². The van der Waals surface area contributed by atoms with Crippen LogP contribution >= 0.6 is 11.3 Å². The molecule has 1 saturated carbocycles. The molecule has 3 atom stereocenters. The van der Waals surface area contributed by atoms with Gasteiger partial charge in [-0.3, -0.25) is 0 Å². The lowest BCUT2D eigenvalue weighted by Crippen LogP contribution is -2.45. The van der Waals surface area contributed by atoms with Gasteiger partial charge in [0.2, 0.25) is 0 Å². The Labute approximate surface area is 249 Å². The molecule has 0 spiro atoms. The minimum absolute atomic E-state index is 0.0185. The van der Waals surface area contributed by atoms with Gasteiger partial charge in [0.1, 0.15) is 17.2 Å². The lowest BCUT2D eigenvalue weighted by molar-refractivity contribution is -0.274. The Kier molecular flexibility index (Phi) is 7.29. The molecule has 3 aliphatic rings. The van der Waals surface area contributed by atoms with Crippen molar-refractivity contribution in [3.05, 3.63) is 59.4 Å². The van der Waals surface area contributed by atoms with Gasteiger partial charge in [-0.15, -0.1) is 13.2 Å². The fraction of sp³-hybridized carbons (Fsp3) is 0.452. The third-order valence-corrected chi connectivity index (χ3v) is 9.43. The lowest BCUT2D eigenvalue weighted by Gasteiger charge is -2.38. The van der Waals surface area contributed by atoms with E-state index < -0.39 is 6.36 Å². The van der Waals surface area contributed by atoms with Gasteiger partial charge in [-0.1, -0.05) is 28.6 Å². The minimum atomic E-state index is -4.82. The molecule has 0 radical (unpaired) electrons. The van der Waals surface area contributed by atoms with Gasteiger partial charge in [0.05, 0.1) is 35.1 Å². The molecule has 2 aromatic carbocycles. The molecule has 0 unspecified atom stereocenters. The number of esters is 1. The quantitative estimate of drug-likeness (QED) is 0.178. The zero-order valence-corrected chi connectivity index (χ0v) is 24.2. The number of aromatic nitrogens is 2. The van der Waals surface area contributed by atoms with Crippen molar-refractivity contribution in [2.75, 3.05) is 11.5 Å². The standard InChI is InChI=1S/C31H30F3N3O5S/c1-2-39-29(38)18-9-12-24-26(13-18)43-30(35-24)37-19-10-11-20(37)15-21(14-19)40-16-23-27(36-42-28(23)17-7-8-17)22-5-3-4-6-25(22)41-31(32,33)34/h3-6,9,12-13,17,19-21H,2,7-8,10-11,14-16H2,1H3/t19-,20+,21+. The van der Waals surface area contributed by atoms with E-state index in [2.05, 4.69) is 14.8 Å². The molecular formula is C31H30F3N3O5S. The molecule has 3 fully saturated rings. The molecule has 8 nitrogen and oxygen atoms in total. The Hall–Kier alpha value is -3.64. The van der Waals surface area contributed by atoms with Gasteiger partial charge < -0.3 is 23.6 Å². The Bertz CT molecular complexity index is 1640. The lowest BCUT2D eigenvalue weighted by atomic mass is 10.00. The average molecular weight is 614 g/mol. The SMILES string of the molecule is CCOC(=O)c1ccc2nc(N3[C@@H]4CC[C@H]3C[C@@H](OCc3c(-c5ccccc5OC(F)(F)F)noc3C3CC3)C4)sc2c1. The molecule has 226 valence electrons. The van der Waals surface area contributed by atoms with Crippen LogP contribution in [0, 0.1) is 0 Å². The Morgan fingerprint density at radius 3 is 2.58 bits per heavy atom. The molecule has 4 aromatic rings. The number of para-hydroxylation sites is 1. The van der Waals surface area contributed by atoms with Crippen molar-refractivity contribution in [3.8, 4) is 17.0 Å². The van der Waals surface area contributed by atoms with Crippen LogP contribution in [-0.4, -0.2) is 47.3 Å². The highest BCUT2D eigenvalue weighted by Crippen LogP contribution is 2.47. The van der Waals surface area contributed by atoms with Crippen LogP contribution in [0.15, 0.2) is 47.0 Å². The fourth-order valence-electron chi connectivity index (χ4n) is 6.36. The number of fused-ring (bicyclic) bond motifs is 3. The van der Waals surface area contributed by atoms with Crippen LogP contribution in [0.5, 0.6) is 5.75 Å². The number of nitrogens with zero attached hydrogens (tertiary/aromatic N) is 3. The first kappa shape index (κ1) is 28.1. The van der Waals surface area contributed by atoms with E-state index in [9.17, 15) is 18.0 Å². The number of ether oxygens (including phenoxy) is 3. The van der Waals surface area contributed by atoms with E-state index in [0.717, 1.165) is 53.9 Å². The highest BCUT2D eigenvalue weighted by atomic mass is 32.1. The number of benzene rings is 2. The number of piperidine rings is 1. The zero-order valence-electron chi connectivity index (χ0n) is 23.4. The Morgan fingerprint density at radius 1 is 1.09 bits per heavy atom. The number of anilines is 1. The first-order valence-electron chi connectivity index (χ1n) is 14.6. The van der Waals surface area contributed by atoms with Gasteiger partial charge in [0.25, 0.3) is 0 Å². The summed E-state index contributed by atoms with van der Waals surface area (Å²) in [6, 6.07) is 12.0. The number of thiazole rings is 1. The second-order valence-corrected chi connectivity index (χ2v) is 12.3. The van der Waals surface area contributed by atoms with Crippen molar-refractivity contribution in [1.29, 1.82) is 0 Å². The van der Waals surface area contributed by atoms with E-state index in [1.54, 1.807) is 36.5 Å². The summed E-state index contributed by atoms with van der Waals surface area (Å²) in [5.41, 5.74) is 2.63. The number of alkyl halides is 3. The first-order valence-corrected chi connectivity index (χ1v) is 15.4. The van der Waals surface area contributed by atoms with E-state index in [4.69, 9.17) is 19.0 Å². The zero-order chi connectivity index (χ0) is 29.7. The van der Waals surface area contributed by atoms with Crippen molar-refractivity contribution < 1.29 is 36.7 Å². The van der Waals surface area contributed by atoms with Gasteiger partial charge in [0.15, 0.2) is 5.13 Å². The smallest absolute Gasteiger partial charge is 0.462 e. The second kappa shape index (κ2) is 11.1. The van der Waals surface area contributed by atoms with Crippen LogP contribution in [0.3, 0.4) is 0 Å². The predicted molar refractivity (Wildman–Crippen MR) is 153 cm³/mol. The van der Waals surface area contributed by atoms with Crippen LogP contribution in [0.1, 0.15) is 73.0 Å². The molecule has 2 aliphatic heterocycles. The number of carbonyl (C=O) groups excluding carboxylic acids is 1. The van der Waals surface area contributed by atoms with Crippen molar-refractivity contribution in [2.24, 2.45) is 0 Å². The minimum Gasteiger partial charge on any atom is -0.462 e. The molecule has 2 saturated heterocycles. The van der Waals surface area contributed by atoms with Crippen molar-refractivity contribution >= 4 is 32.7 Å². The summed E-state index contributed by atoms with van der Waals surface area (Å²) in [5.74, 6) is 0.240. The van der Waals surface area contributed by atoms with Crippen LogP contribution in [0.25, 0.3) is 21.5 Å². The molecule has 0 amide bonds. The maximum Gasteiger partial charge on any atom is 0.573 e. The summed E-state index contributed by atoms with van der Waals surface area (Å²) in [6.07, 6.45) is 0.750. The van der Waals surface area contributed by atoms with E-state index in [-0.39, 0.29) is 48.0 Å². The predicted octanol–water partition coefficient (Wildman–Crippen LogP) is 7.62. The summed E-state index contributed by atoms with van der Waals surface area (Å²) in [7, 11) is 0. The maximum absolute atomic E-state index is 13.1. The highest BCUT2D eigenvalue weighted by molar-refractivity contribution is 7.22. The summed E-state index contributed by atoms with van der Waals surface area (Å²) < 4.78 is 61.9. The van der Waals surface area contributed by atoms with Crippen LogP contribution < -0.4 is 9.64 Å². The van der Waals surface area contributed by atoms with Crippen LogP contribution in [0.4, 0.5) is 18.3 Å². The van der Waals surface area contributed by atoms with Gasteiger partial charge >= 0.3 is 12.3 Å². The van der Waals surface area contributed by atoms with E-state index in [1.807, 2.05) is 12.1 Å². The molecule has 0 N–H and O–H groups in total. The number of hydrogen-bond donors (Lipinski definition) is 0. The number of hydrogen-bond acceptors (Lipinski definition) is 9. The van der Waals surface area contributed by atoms with Crippen LogP contribution in [0.2, 0.25) is 0 Å². The summed E-state index contributed by atoms with van der Waals surface area (Å²) in [5, 5.41) is 5.14. The number of rotatable bonds is 9. The average Bonchev–Trinajstić information content (AvgIpc) is 3.49. The highest BCUT2D eigenvalue weighted by Gasteiger charge is 2.43. The number of carbonyl (C=O) groups is 1. The van der Waals surface area contributed by atoms with Crippen molar-refractivity contribution in [2.45, 2.75) is 82.5 Å². The summed E-state index contributed by atoms with van der Waals surface area (Å²) in [4.78, 5) is 19.5. The van der Waals surface area contributed by atoms with Crippen LogP contribution in [-0.2, 0) is 16.1 Å². The van der Waals surface area contributed by atoms with Gasteiger partial charge in [-0.2, -0.15) is 0 Å². The van der Waals surface area contributed by atoms with E-state index >= 15 is 0 Å². The van der Waals surface area contributed by atoms with E-state index in [1.165, 1.54) is 12.1 Å². The Morgan fingerprint density at radius 2 is 1.86 bits per heavy atom. The second-order valence-electron chi connectivity index (χ2n) is 11.3. The number of halogens is 3. The van der Waals surface area contributed by atoms with E-state index in [0.29, 0.717) is 29.2 Å². The molecule has 2 aromatic heterocycles. The summed E-state index contributed by atoms with van der Waals surface area (Å²) in [6.45, 7) is 2.31. The van der Waals surface area contributed by atoms with Crippen molar-refractivity contribution in [1.82, 2.24) is 10.1 Å². The monoisotopic (exact) mass is 613 g/mol. The fourth-order valence-corrected chi connectivity index (χ4v) is 7.50. The maximum atomic E-state index is 13.1. The normalized spacial score (nSPS) is 21.9. The molecule has 1 aliphatic carbocycles. The molecular weight excluding hydrogens is 583 g/mol. The first-order chi connectivity index (χ1) is 20.8. The molecule has 43 heavy (non-hydrogen) atoms. The topological polar surface area (TPSA) is 86.9 Å². The third kappa shape index (κ3) is 5.70. The molecule has 7 rings (SSSR count). The van der Waals surface area contributed by atoms with Gasteiger partial charge in [-0.05, 0) is 75.8 Å². The largest absolute Gasteiger partial charge is 0.573 e. The van der Waals surface area contributed by atoms with Gasteiger partial charge in [0, 0.05) is 29.1 Å². The summed E-state index contributed by atoms with van der Waals surface area (Å²) >= 11 is 1.58. The molecule has 4 heterocycles. The Balaban J connectivity index is 1.08. The third-order valence-electron chi connectivity index (χ3n) is 8.40. The van der Waals surface area contributed by atoms with Crippen molar-refractivity contribution in [3.63, 3.8) is 0 Å². The molecule has 12 heteroatoms. The molecule has 2 bridgehead atoms.